The second kappa shape index (κ2) is 10.2. The summed E-state index contributed by atoms with van der Waals surface area (Å²) in [4.78, 5) is 15.1. The van der Waals surface area contributed by atoms with Gasteiger partial charge in [-0.3, -0.25) is 9.48 Å². The van der Waals surface area contributed by atoms with Gasteiger partial charge in [0.25, 0.3) is 5.91 Å². The summed E-state index contributed by atoms with van der Waals surface area (Å²) in [7, 11) is 3.09. The van der Waals surface area contributed by atoms with Gasteiger partial charge in [0.2, 0.25) is 0 Å². The maximum Gasteiger partial charge on any atom is 0.408 e. The number of carbonyl (C=O) groups is 1. The summed E-state index contributed by atoms with van der Waals surface area (Å²) >= 11 is 0. The van der Waals surface area contributed by atoms with Crippen molar-refractivity contribution < 1.29 is 36.9 Å². The van der Waals surface area contributed by atoms with Crippen LogP contribution < -0.4 is 14.2 Å². The molecule has 0 unspecified atom stereocenters. The monoisotopic (exact) mass is 531 g/mol. The van der Waals surface area contributed by atoms with Crippen LogP contribution in [0.3, 0.4) is 0 Å². The molecule has 2 aromatic carbocycles. The van der Waals surface area contributed by atoms with Crippen LogP contribution in [-0.2, 0) is 16.9 Å². The molecule has 1 saturated heterocycles. The predicted octanol–water partition coefficient (Wildman–Crippen LogP) is 4.67. The predicted molar refractivity (Wildman–Crippen MR) is 132 cm³/mol. The van der Waals surface area contributed by atoms with E-state index in [1.165, 1.54) is 13.3 Å². The van der Waals surface area contributed by atoms with Gasteiger partial charge in [-0.05, 0) is 30.3 Å². The highest BCUT2D eigenvalue weighted by atomic mass is 19.4. The summed E-state index contributed by atoms with van der Waals surface area (Å²) < 4.78 is 63.4. The Kier molecular flexibility index (Phi) is 6.95. The van der Waals surface area contributed by atoms with E-state index in [1.807, 2.05) is 0 Å². The molecule has 0 saturated carbocycles. The van der Waals surface area contributed by atoms with Gasteiger partial charge in [0.15, 0.2) is 11.5 Å². The molecule has 8 nitrogen and oxygen atoms in total. The van der Waals surface area contributed by atoms with Crippen molar-refractivity contribution in [1.82, 2.24) is 14.7 Å². The molecule has 5 rings (SSSR count). The largest absolute Gasteiger partial charge is 0.493 e. The fourth-order valence-corrected chi connectivity index (χ4v) is 5.09. The lowest BCUT2D eigenvalue weighted by molar-refractivity contribution is -0.142. The van der Waals surface area contributed by atoms with Gasteiger partial charge >= 0.3 is 6.18 Å². The smallest absolute Gasteiger partial charge is 0.408 e. The number of aromatic nitrogens is 2. The molecule has 1 fully saturated rings. The Morgan fingerprint density at radius 3 is 2.55 bits per heavy atom. The Balaban J connectivity index is 1.37. The number of nitrogens with zero attached hydrogens (tertiary/aromatic N) is 3. The van der Waals surface area contributed by atoms with E-state index in [9.17, 15) is 18.0 Å². The lowest BCUT2D eigenvalue weighted by atomic mass is 9.81. The van der Waals surface area contributed by atoms with E-state index in [2.05, 4.69) is 5.10 Å². The number of amides is 1. The summed E-state index contributed by atoms with van der Waals surface area (Å²) in [5.74, 6) is 1.29. The Morgan fingerprint density at radius 2 is 1.84 bits per heavy atom. The molecule has 0 bridgehead atoms. The van der Waals surface area contributed by atoms with Gasteiger partial charge in [-0.25, -0.2) is 0 Å². The van der Waals surface area contributed by atoms with Gasteiger partial charge in [-0.1, -0.05) is 12.1 Å². The van der Waals surface area contributed by atoms with Crippen LogP contribution in [0.25, 0.3) is 11.3 Å². The maximum atomic E-state index is 13.3. The van der Waals surface area contributed by atoms with Crippen LogP contribution in [-0.4, -0.2) is 67.3 Å². The van der Waals surface area contributed by atoms with Crippen molar-refractivity contribution in [3.63, 3.8) is 0 Å². The van der Waals surface area contributed by atoms with E-state index >= 15 is 0 Å². The molecule has 2 aliphatic heterocycles. The third-order valence-electron chi connectivity index (χ3n) is 6.92. The molecule has 1 amide bonds. The fourth-order valence-electron chi connectivity index (χ4n) is 5.09. The molecule has 202 valence electrons. The highest BCUT2D eigenvalue weighted by Crippen LogP contribution is 2.50. The van der Waals surface area contributed by atoms with Crippen molar-refractivity contribution in [3.05, 3.63) is 59.8 Å². The summed E-state index contributed by atoms with van der Waals surface area (Å²) in [6, 6.07) is 12.1. The second-order valence-electron chi connectivity index (χ2n) is 9.27. The molecule has 3 heterocycles. The van der Waals surface area contributed by atoms with Gasteiger partial charge in [0.1, 0.15) is 24.5 Å². The normalized spacial score (nSPS) is 16.0. The molecule has 2 aliphatic rings. The summed E-state index contributed by atoms with van der Waals surface area (Å²) in [5.41, 5.74) is 1.18. The quantitative estimate of drug-likeness (QED) is 0.413. The van der Waals surface area contributed by atoms with Crippen molar-refractivity contribution in [2.24, 2.45) is 0 Å². The van der Waals surface area contributed by atoms with Crippen LogP contribution in [0.2, 0.25) is 0 Å². The van der Waals surface area contributed by atoms with Crippen LogP contribution in [0.4, 0.5) is 13.2 Å². The second-order valence-corrected chi connectivity index (χ2v) is 9.27. The minimum Gasteiger partial charge on any atom is -0.493 e. The molecule has 38 heavy (non-hydrogen) atoms. The first kappa shape index (κ1) is 25.9. The Bertz CT molecular complexity index is 1320. The van der Waals surface area contributed by atoms with Crippen LogP contribution in [0, 0.1) is 0 Å². The van der Waals surface area contributed by atoms with Crippen molar-refractivity contribution in [2.45, 2.75) is 31.2 Å². The maximum absolute atomic E-state index is 13.3. The zero-order chi connectivity index (χ0) is 26.9. The van der Waals surface area contributed by atoms with Gasteiger partial charge < -0.3 is 23.8 Å². The summed E-state index contributed by atoms with van der Waals surface area (Å²) in [5, 5.41) is 4.09. The zero-order valence-corrected chi connectivity index (χ0v) is 21.1. The lowest BCUT2D eigenvalue weighted by Gasteiger charge is -2.44. The SMILES string of the molecule is COCCOc1ccc(C(=O)N2CCC3(CC2)Oc2ccccc2-c2c3cnn2CC(F)(F)F)cc1OC. The van der Waals surface area contributed by atoms with Crippen molar-refractivity contribution in [2.75, 3.05) is 40.5 Å². The number of benzene rings is 2. The lowest BCUT2D eigenvalue weighted by Crippen LogP contribution is -2.49. The fraction of sp³-hybridized carbons (Fsp3) is 0.407. The summed E-state index contributed by atoms with van der Waals surface area (Å²) in [6.45, 7) is 0.296. The van der Waals surface area contributed by atoms with Gasteiger partial charge in [0, 0.05) is 49.7 Å². The first-order valence-electron chi connectivity index (χ1n) is 12.3. The van der Waals surface area contributed by atoms with E-state index < -0.39 is 18.3 Å². The Morgan fingerprint density at radius 1 is 1.08 bits per heavy atom. The average Bonchev–Trinajstić information content (AvgIpc) is 3.32. The van der Waals surface area contributed by atoms with Crippen LogP contribution in [0.15, 0.2) is 48.7 Å². The first-order valence-corrected chi connectivity index (χ1v) is 12.3. The third-order valence-corrected chi connectivity index (χ3v) is 6.92. The van der Waals surface area contributed by atoms with Gasteiger partial charge in [-0.2, -0.15) is 18.3 Å². The highest BCUT2D eigenvalue weighted by Gasteiger charge is 2.47. The van der Waals surface area contributed by atoms with E-state index in [4.69, 9.17) is 18.9 Å². The van der Waals surface area contributed by atoms with Gasteiger partial charge in [-0.15, -0.1) is 0 Å². The molecular formula is C27H28F3N3O5. The number of methoxy groups -OCH3 is 2. The van der Waals surface area contributed by atoms with E-state index in [0.717, 1.165) is 4.68 Å². The number of piperidine rings is 1. The molecule has 3 aromatic rings. The number of hydrogen-bond donors (Lipinski definition) is 0. The number of hydrogen-bond acceptors (Lipinski definition) is 6. The minimum absolute atomic E-state index is 0.175. The number of likely N-dealkylation sites (tertiary alicyclic amines) is 1. The number of alkyl halides is 3. The topological polar surface area (TPSA) is 75.0 Å². The number of fused-ring (bicyclic) bond motifs is 4. The average molecular weight is 532 g/mol. The zero-order valence-electron chi connectivity index (χ0n) is 21.1. The third kappa shape index (κ3) is 4.90. The molecule has 1 spiro atoms. The molecular weight excluding hydrogens is 503 g/mol. The minimum atomic E-state index is -4.42. The van der Waals surface area contributed by atoms with E-state index in [0.29, 0.717) is 78.8 Å². The molecule has 11 heteroatoms. The molecule has 0 aliphatic carbocycles. The van der Waals surface area contributed by atoms with E-state index in [1.54, 1.807) is 54.5 Å². The summed E-state index contributed by atoms with van der Waals surface area (Å²) in [6.07, 6.45) is -2.12. The highest BCUT2D eigenvalue weighted by molar-refractivity contribution is 5.95. The van der Waals surface area contributed by atoms with Crippen molar-refractivity contribution in [3.8, 4) is 28.5 Å². The number of carbonyl (C=O) groups excluding carboxylic acids is 1. The van der Waals surface area contributed by atoms with Crippen molar-refractivity contribution in [1.29, 1.82) is 0 Å². The standard InChI is InChI=1S/C27H28F3N3O5/c1-35-13-14-37-22-8-7-18(15-23(22)36-2)25(34)32-11-9-26(10-12-32)20-16-31-33(17-27(28,29)30)24(20)19-5-3-4-6-21(19)38-26/h3-8,15-16H,9-14,17H2,1-2H3. The Labute approximate surface area is 217 Å². The number of para-hydroxylation sites is 1. The van der Waals surface area contributed by atoms with Crippen LogP contribution >= 0.6 is 0 Å². The number of halogens is 3. The number of ether oxygens (including phenoxy) is 4. The molecule has 0 N–H and O–H groups in total. The van der Waals surface area contributed by atoms with E-state index in [-0.39, 0.29) is 5.91 Å². The van der Waals surface area contributed by atoms with Gasteiger partial charge in [0.05, 0.1) is 25.6 Å². The first-order chi connectivity index (χ1) is 18.2. The molecule has 0 atom stereocenters. The van der Waals surface area contributed by atoms with Crippen molar-refractivity contribution >= 4 is 5.91 Å². The molecule has 1 aromatic heterocycles. The van der Waals surface area contributed by atoms with Crippen LogP contribution in [0.1, 0.15) is 28.8 Å². The van der Waals surface area contributed by atoms with Crippen LogP contribution in [0.5, 0.6) is 17.2 Å². The molecule has 0 radical (unpaired) electrons. The number of rotatable bonds is 7. The Hall–Kier alpha value is -3.73.